The lowest BCUT2D eigenvalue weighted by Crippen LogP contribution is -2.31. The van der Waals surface area contributed by atoms with Crippen LogP contribution < -0.4 is 0 Å². The Balaban J connectivity index is 1.58. The fourth-order valence-electron chi connectivity index (χ4n) is 2.95. The molecule has 1 aromatic rings. The van der Waals surface area contributed by atoms with Gasteiger partial charge in [-0.15, -0.1) is 0 Å². The van der Waals surface area contributed by atoms with Crippen molar-refractivity contribution in [3.05, 3.63) is 34.9 Å². The summed E-state index contributed by atoms with van der Waals surface area (Å²) in [5.41, 5.74) is 1.05. The van der Waals surface area contributed by atoms with Crippen molar-refractivity contribution in [2.45, 2.75) is 44.8 Å². The zero-order valence-corrected chi connectivity index (χ0v) is 12.4. The largest absolute Gasteiger partial charge is 0.459 e. The number of esters is 1. The number of carbonyl (C=O) groups is 3. The first-order valence-corrected chi connectivity index (χ1v) is 7.79. The summed E-state index contributed by atoms with van der Waals surface area (Å²) in [6.07, 6.45) is 3.85. The van der Waals surface area contributed by atoms with Crippen LogP contribution in [0.2, 0.25) is 0 Å². The minimum atomic E-state index is -0.424. The van der Waals surface area contributed by atoms with Crippen LogP contribution in [0, 0.1) is 5.92 Å². The second-order valence-corrected chi connectivity index (χ2v) is 6.42. The Morgan fingerprint density at radius 3 is 2.45 bits per heavy atom. The maximum atomic E-state index is 12.4. The minimum Gasteiger partial charge on any atom is -0.459 e. The van der Waals surface area contributed by atoms with E-state index >= 15 is 0 Å². The third-order valence-electron chi connectivity index (χ3n) is 4.64. The van der Waals surface area contributed by atoms with E-state index in [0.29, 0.717) is 22.6 Å². The molecule has 0 bridgehead atoms. The number of rotatable bonds is 4. The first kappa shape index (κ1) is 13.5. The number of hydrogen-bond acceptors (Lipinski definition) is 4. The molecule has 3 aliphatic rings. The van der Waals surface area contributed by atoms with Crippen LogP contribution in [-0.4, -0.2) is 34.8 Å². The highest BCUT2D eigenvalue weighted by Gasteiger charge is 2.44. The molecule has 2 saturated carbocycles. The number of carbonyl (C=O) groups excluding carboxylic acids is 3. The number of imide groups is 1. The van der Waals surface area contributed by atoms with Crippen molar-refractivity contribution in [1.29, 1.82) is 0 Å². The molecular formula is C17H17NO4. The molecule has 5 nitrogen and oxygen atoms in total. The van der Waals surface area contributed by atoms with Crippen LogP contribution in [-0.2, 0) is 4.74 Å². The molecule has 0 radical (unpaired) electrons. The molecule has 1 aromatic carbocycles. The van der Waals surface area contributed by atoms with E-state index in [1.54, 1.807) is 12.1 Å². The van der Waals surface area contributed by atoms with Crippen molar-refractivity contribution in [3.8, 4) is 0 Å². The molecule has 114 valence electrons. The van der Waals surface area contributed by atoms with E-state index in [9.17, 15) is 14.4 Å². The Morgan fingerprint density at radius 2 is 1.82 bits per heavy atom. The maximum Gasteiger partial charge on any atom is 0.338 e. The highest BCUT2D eigenvalue weighted by molar-refractivity contribution is 6.22. The molecule has 0 N–H and O–H groups in total. The van der Waals surface area contributed by atoms with Gasteiger partial charge in [-0.1, -0.05) is 0 Å². The summed E-state index contributed by atoms with van der Waals surface area (Å²) >= 11 is 0. The van der Waals surface area contributed by atoms with Crippen molar-refractivity contribution in [1.82, 2.24) is 4.90 Å². The molecule has 0 unspecified atom stereocenters. The average molecular weight is 299 g/mol. The smallest absolute Gasteiger partial charge is 0.338 e. The van der Waals surface area contributed by atoms with Crippen molar-refractivity contribution in [2.24, 2.45) is 5.92 Å². The van der Waals surface area contributed by atoms with Crippen LogP contribution in [0.5, 0.6) is 0 Å². The molecule has 4 rings (SSSR count). The number of amides is 2. The SMILES string of the molecule is C[C@@H](OC(=O)c1ccc2c(c1)C(=O)N(C1CC1)C2=O)C1CC1. The zero-order valence-electron chi connectivity index (χ0n) is 12.4. The van der Waals surface area contributed by atoms with Gasteiger partial charge in [-0.25, -0.2) is 4.79 Å². The number of hydrogen-bond donors (Lipinski definition) is 0. The molecule has 22 heavy (non-hydrogen) atoms. The number of fused-ring (bicyclic) bond motifs is 1. The van der Waals surface area contributed by atoms with E-state index < -0.39 is 5.97 Å². The van der Waals surface area contributed by atoms with Gasteiger partial charge < -0.3 is 4.74 Å². The van der Waals surface area contributed by atoms with Gasteiger partial charge in [-0.2, -0.15) is 0 Å². The van der Waals surface area contributed by atoms with Gasteiger partial charge in [-0.05, 0) is 56.7 Å². The molecule has 2 amide bonds. The van der Waals surface area contributed by atoms with E-state index in [1.807, 2.05) is 6.92 Å². The maximum absolute atomic E-state index is 12.4. The summed E-state index contributed by atoms with van der Waals surface area (Å²) < 4.78 is 5.42. The van der Waals surface area contributed by atoms with Crippen molar-refractivity contribution in [2.75, 3.05) is 0 Å². The molecular weight excluding hydrogens is 282 g/mol. The van der Waals surface area contributed by atoms with Crippen LogP contribution in [0.3, 0.4) is 0 Å². The number of ether oxygens (including phenoxy) is 1. The van der Waals surface area contributed by atoms with Crippen LogP contribution in [0.15, 0.2) is 18.2 Å². The van der Waals surface area contributed by atoms with Crippen molar-refractivity contribution >= 4 is 17.8 Å². The van der Waals surface area contributed by atoms with Gasteiger partial charge in [-0.3, -0.25) is 14.5 Å². The molecule has 5 heteroatoms. The Kier molecular flexibility index (Phi) is 2.86. The lowest BCUT2D eigenvalue weighted by molar-refractivity contribution is 0.0294. The summed E-state index contributed by atoms with van der Waals surface area (Å²) in [6, 6.07) is 4.68. The molecule has 1 aliphatic heterocycles. The van der Waals surface area contributed by atoms with Gasteiger partial charge in [0.2, 0.25) is 0 Å². The van der Waals surface area contributed by atoms with Gasteiger partial charge in [0.15, 0.2) is 0 Å². The van der Waals surface area contributed by atoms with Crippen LogP contribution in [0.4, 0.5) is 0 Å². The lowest BCUT2D eigenvalue weighted by atomic mass is 10.1. The third kappa shape index (κ3) is 2.12. The standard InChI is InChI=1S/C17H17NO4/c1-9(10-2-3-10)22-17(21)11-4-7-13-14(8-11)16(20)18(15(13)19)12-5-6-12/h4,7-10,12H,2-3,5-6H2,1H3/t9-/m1/s1. The van der Waals surface area contributed by atoms with Gasteiger partial charge in [0.25, 0.3) is 11.8 Å². The molecule has 0 spiro atoms. The number of nitrogens with zero attached hydrogens (tertiary/aromatic N) is 1. The quantitative estimate of drug-likeness (QED) is 0.632. The minimum absolute atomic E-state index is 0.0395. The Labute approximate surface area is 128 Å². The molecule has 0 aromatic heterocycles. The predicted octanol–water partition coefficient (Wildman–Crippen LogP) is 2.40. The zero-order chi connectivity index (χ0) is 15.4. The van der Waals surface area contributed by atoms with Crippen molar-refractivity contribution in [3.63, 3.8) is 0 Å². The first-order valence-electron chi connectivity index (χ1n) is 7.79. The van der Waals surface area contributed by atoms with Crippen LogP contribution >= 0.6 is 0 Å². The number of benzene rings is 1. The Bertz CT molecular complexity index is 688. The predicted molar refractivity (Wildman–Crippen MR) is 77.6 cm³/mol. The average Bonchev–Trinajstić information content (AvgIpc) is 3.37. The lowest BCUT2D eigenvalue weighted by Gasteiger charge is -2.12. The molecule has 2 aliphatic carbocycles. The molecule has 2 fully saturated rings. The van der Waals surface area contributed by atoms with Gasteiger partial charge in [0, 0.05) is 6.04 Å². The highest BCUT2D eigenvalue weighted by atomic mass is 16.5. The van der Waals surface area contributed by atoms with Crippen molar-refractivity contribution < 1.29 is 19.1 Å². The fourth-order valence-corrected chi connectivity index (χ4v) is 2.95. The summed E-state index contributed by atoms with van der Waals surface area (Å²) in [5, 5.41) is 0. The van der Waals surface area contributed by atoms with Crippen LogP contribution in [0.25, 0.3) is 0 Å². The molecule has 1 atom stereocenters. The Hall–Kier alpha value is -2.17. The fraction of sp³-hybridized carbons (Fsp3) is 0.471. The third-order valence-corrected chi connectivity index (χ3v) is 4.64. The summed E-state index contributed by atoms with van der Waals surface area (Å²) in [7, 11) is 0. The summed E-state index contributed by atoms with van der Waals surface area (Å²) in [5.74, 6) is -0.486. The highest BCUT2D eigenvalue weighted by Crippen LogP contribution is 2.36. The molecule has 1 heterocycles. The monoisotopic (exact) mass is 299 g/mol. The van der Waals surface area contributed by atoms with Crippen LogP contribution in [0.1, 0.15) is 63.7 Å². The summed E-state index contributed by atoms with van der Waals surface area (Å²) in [4.78, 5) is 38.1. The summed E-state index contributed by atoms with van der Waals surface area (Å²) in [6.45, 7) is 1.90. The first-order chi connectivity index (χ1) is 10.6. The Morgan fingerprint density at radius 1 is 1.14 bits per heavy atom. The van der Waals surface area contributed by atoms with E-state index in [1.165, 1.54) is 11.0 Å². The normalized spacial score (nSPS) is 21.8. The van der Waals surface area contributed by atoms with E-state index in [2.05, 4.69) is 0 Å². The second kappa shape index (κ2) is 4.66. The van der Waals surface area contributed by atoms with Gasteiger partial charge in [0.05, 0.1) is 16.7 Å². The van der Waals surface area contributed by atoms with Gasteiger partial charge in [0.1, 0.15) is 6.10 Å². The second-order valence-electron chi connectivity index (χ2n) is 6.42. The topological polar surface area (TPSA) is 63.7 Å². The van der Waals surface area contributed by atoms with E-state index in [0.717, 1.165) is 25.7 Å². The van der Waals surface area contributed by atoms with Gasteiger partial charge >= 0.3 is 5.97 Å². The molecule has 0 saturated heterocycles. The van der Waals surface area contributed by atoms with E-state index in [-0.39, 0.29) is 24.0 Å². The van der Waals surface area contributed by atoms with E-state index in [4.69, 9.17) is 4.74 Å².